The fourth-order valence-electron chi connectivity index (χ4n) is 1.90. The minimum absolute atomic E-state index is 0.283. The van der Waals surface area contributed by atoms with Gasteiger partial charge in [0.05, 0.1) is 5.56 Å². The van der Waals surface area contributed by atoms with Crippen molar-refractivity contribution in [2.45, 2.75) is 13.0 Å². The van der Waals surface area contributed by atoms with Gasteiger partial charge >= 0.3 is 5.97 Å². The van der Waals surface area contributed by atoms with Crippen LogP contribution in [-0.2, 0) is 14.3 Å². The van der Waals surface area contributed by atoms with E-state index in [0.29, 0.717) is 17.5 Å². The van der Waals surface area contributed by atoms with Gasteiger partial charge in [0.1, 0.15) is 5.75 Å². The van der Waals surface area contributed by atoms with E-state index in [0.717, 1.165) is 0 Å². The first-order valence-electron chi connectivity index (χ1n) is 7.32. The summed E-state index contributed by atoms with van der Waals surface area (Å²) in [5, 5.41) is 2.64. The van der Waals surface area contributed by atoms with E-state index < -0.39 is 24.6 Å². The highest BCUT2D eigenvalue weighted by molar-refractivity contribution is 5.95. The van der Waals surface area contributed by atoms with E-state index in [2.05, 4.69) is 5.32 Å². The predicted molar refractivity (Wildman–Crippen MR) is 88.0 cm³/mol. The molecule has 2 aromatic carbocycles. The molecule has 1 N–H and O–H groups in total. The highest BCUT2D eigenvalue weighted by Gasteiger charge is 2.18. The Kier molecular flexibility index (Phi) is 6.08. The van der Waals surface area contributed by atoms with Crippen molar-refractivity contribution in [1.29, 1.82) is 0 Å². The van der Waals surface area contributed by atoms with Gasteiger partial charge in [-0.05, 0) is 31.2 Å². The van der Waals surface area contributed by atoms with Crippen LogP contribution in [0.4, 0.5) is 5.69 Å². The molecule has 6 heteroatoms. The van der Waals surface area contributed by atoms with Crippen LogP contribution in [-0.4, -0.2) is 30.9 Å². The maximum absolute atomic E-state index is 11.9. The van der Waals surface area contributed by atoms with Crippen LogP contribution < -0.4 is 10.1 Å². The zero-order valence-corrected chi connectivity index (χ0v) is 13.1. The third kappa shape index (κ3) is 4.95. The van der Waals surface area contributed by atoms with Crippen molar-refractivity contribution in [3.8, 4) is 5.75 Å². The average molecular weight is 327 g/mol. The number of benzene rings is 2. The maximum atomic E-state index is 11.9. The van der Waals surface area contributed by atoms with Gasteiger partial charge in [-0.2, -0.15) is 0 Å². The molecule has 0 aliphatic carbocycles. The highest BCUT2D eigenvalue weighted by Crippen LogP contribution is 2.15. The molecule has 6 nitrogen and oxygen atoms in total. The van der Waals surface area contributed by atoms with Gasteiger partial charge in [-0.3, -0.25) is 9.59 Å². The van der Waals surface area contributed by atoms with Crippen LogP contribution in [0.5, 0.6) is 5.75 Å². The van der Waals surface area contributed by atoms with E-state index in [-0.39, 0.29) is 5.75 Å². The molecule has 0 heterocycles. The second kappa shape index (κ2) is 8.47. The van der Waals surface area contributed by atoms with E-state index >= 15 is 0 Å². The Morgan fingerprint density at radius 3 is 2.46 bits per heavy atom. The average Bonchev–Trinajstić information content (AvgIpc) is 2.61. The Labute approximate surface area is 139 Å². The van der Waals surface area contributed by atoms with Crippen LogP contribution >= 0.6 is 0 Å². The molecule has 0 saturated carbocycles. The molecule has 0 saturated heterocycles. The summed E-state index contributed by atoms with van der Waals surface area (Å²) in [4.78, 5) is 34.6. The lowest BCUT2D eigenvalue weighted by Gasteiger charge is -2.14. The summed E-state index contributed by atoms with van der Waals surface area (Å²) in [6, 6.07) is 15.4. The molecule has 0 bridgehead atoms. The molecular formula is C18H17NO5. The molecule has 124 valence electrons. The molecule has 0 aliphatic heterocycles. The number of esters is 1. The second-order valence-electron chi connectivity index (χ2n) is 4.93. The Balaban J connectivity index is 1.83. The number of carbonyl (C=O) groups is 3. The zero-order chi connectivity index (χ0) is 17.4. The summed E-state index contributed by atoms with van der Waals surface area (Å²) in [6.07, 6.45) is -0.334. The fraction of sp³-hybridized carbons (Fsp3) is 0.167. The van der Waals surface area contributed by atoms with Crippen molar-refractivity contribution < 1.29 is 23.9 Å². The Morgan fingerprint density at radius 2 is 1.75 bits per heavy atom. The Morgan fingerprint density at radius 1 is 1.08 bits per heavy atom. The van der Waals surface area contributed by atoms with Crippen LogP contribution in [0.2, 0.25) is 0 Å². The molecule has 1 amide bonds. The van der Waals surface area contributed by atoms with Gasteiger partial charge in [0.2, 0.25) is 0 Å². The highest BCUT2D eigenvalue weighted by atomic mass is 16.6. The SMILES string of the molecule is C[C@@H](OC(=O)COc1ccccc1C=O)C(=O)Nc1ccccc1. The van der Waals surface area contributed by atoms with Gasteiger partial charge in [-0.25, -0.2) is 4.79 Å². The summed E-state index contributed by atoms with van der Waals surface area (Å²) >= 11 is 0. The Hall–Kier alpha value is -3.15. The maximum Gasteiger partial charge on any atom is 0.344 e. The third-order valence-electron chi connectivity index (χ3n) is 3.11. The molecule has 2 aromatic rings. The van der Waals surface area contributed by atoms with Crippen molar-refractivity contribution in [1.82, 2.24) is 0 Å². The lowest BCUT2D eigenvalue weighted by atomic mass is 10.2. The number of aldehydes is 1. The van der Waals surface area contributed by atoms with Gasteiger partial charge < -0.3 is 14.8 Å². The monoisotopic (exact) mass is 327 g/mol. The molecule has 0 aromatic heterocycles. The quantitative estimate of drug-likeness (QED) is 0.624. The van der Waals surface area contributed by atoms with Gasteiger partial charge in [-0.15, -0.1) is 0 Å². The number of hydrogen-bond acceptors (Lipinski definition) is 5. The number of ether oxygens (including phenoxy) is 2. The number of para-hydroxylation sites is 2. The van der Waals surface area contributed by atoms with Gasteiger partial charge in [0, 0.05) is 5.69 Å². The van der Waals surface area contributed by atoms with E-state index in [1.165, 1.54) is 6.92 Å². The summed E-state index contributed by atoms with van der Waals surface area (Å²) < 4.78 is 10.3. The van der Waals surface area contributed by atoms with E-state index in [1.807, 2.05) is 6.07 Å². The van der Waals surface area contributed by atoms with E-state index in [1.54, 1.807) is 48.5 Å². The largest absolute Gasteiger partial charge is 0.481 e. The van der Waals surface area contributed by atoms with Crippen LogP contribution in [0, 0.1) is 0 Å². The minimum atomic E-state index is -0.970. The molecule has 0 spiro atoms. The molecular weight excluding hydrogens is 310 g/mol. The smallest absolute Gasteiger partial charge is 0.344 e. The number of hydrogen-bond donors (Lipinski definition) is 1. The number of carbonyl (C=O) groups excluding carboxylic acids is 3. The minimum Gasteiger partial charge on any atom is -0.481 e. The molecule has 2 rings (SSSR count). The number of rotatable bonds is 7. The zero-order valence-electron chi connectivity index (χ0n) is 13.1. The van der Waals surface area contributed by atoms with Crippen LogP contribution in [0.15, 0.2) is 54.6 Å². The topological polar surface area (TPSA) is 81.7 Å². The molecule has 0 fully saturated rings. The predicted octanol–water partition coefficient (Wildman–Crippen LogP) is 2.45. The van der Waals surface area contributed by atoms with Crippen LogP contribution in [0.1, 0.15) is 17.3 Å². The lowest BCUT2D eigenvalue weighted by molar-refractivity contribution is -0.155. The summed E-state index contributed by atoms with van der Waals surface area (Å²) in [7, 11) is 0. The standard InChI is InChI=1S/C18H17NO5/c1-13(18(22)19-15-8-3-2-4-9-15)24-17(21)12-23-16-10-6-5-7-14(16)11-20/h2-11,13H,12H2,1H3,(H,19,22)/t13-/m1/s1. The summed E-state index contributed by atoms with van der Waals surface area (Å²) in [5.74, 6) is -0.861. The second-order valence-corrected chi connectivity index (χ2v) is 4.93. The van der Waals surface area contributed by atoms with Crippen molar-refractivity contribution in [3.63, 3.8) is 0 Å². The van der Waals surface area contributed by atoms with Crippen molar-refractivity contribution in [2.75, 3.05) is 11.9 Å². The number of anilines is 1. The first-order chi connectivity index (χ1) is 11.6. The van der Waals surface area contributed by atoms with Gasteiger partial charge in [-0.1, -0.05) is 30.3 Å². The van der Waals surface area contributed by atoms with Crippen molar-refractivity contribution in [3.05, 3.63) is 60.2 Å². The van der Waals surface area contributed by atoms with Crippen molar-refractivity contribution >= 4 is 23.9 Å². The van der Waals surface area contributed by atoms with Crippen LogP contribution in [0.25, 0.3) is 0 Å². The van der Waals surface area contributed by atoms with Gasteiger partial charge in [0.25, 0.3) is 5.91 Å². The van der Waals surface area contributed by atoms with Crippen LogP contribution in [0.3, 0.4) is 0 Å². The molecule has 24 heavy (non-hydrogen) atoms. The first kappa shape index (κ1) is 17.2. The normalized spacial score (nSPS) is 11.2. The van der Waals surface area contributed by atoms with Gasteiger partial charge in [0.15, 0.2) is 19.0 Å². The van der Waals surface area contributed by atoms with Crippen molar-refractivity contribution in [2.24, 2.45) is 0 Å². The van der Waals surface area contributed by atoms with E-state index in [9.17, 15) is 14.4 Å². The number of amides is 1. The first-order valence-corrected chi connectivity index (χ1v) is 7.32. The molecule has 1 atom stereocenters. The molecule has 0 unspecified atom stereocenters. The number of nitrogens with one attached hydrogen (secondary N) is 1. The third-order valence-corrected chi connectivity index (χ3v) is 3.11. The summed E-state index contributed by atoms with van der Waals surface area (Å²) in [6.45, 7) is 1.07. The van der Waals surface area contributed by atoms with E-state index in [4.69, 9.17) is 9.47 Å². The summed E-state index contributed by atoms with van der Waals surface area (Å²) in [5.41, 5.74) is 0.946. The fourth-order valence-corrected chi connectivity index (χ4v) is 1.90. The molecule has 0 radical (unpaired) electrons. The molecule has 0 aliphatic rings. The lowest BCUT2D eigenvalue weighted by Crippen LogP contribution is -2.31. The Bertz CT molecular complexity index is 714.